The zero-order chi connectivity index (χ0) is 21.2. The lowest BCUT2D eigenvalue weighted by Gasteiger charge is -2.33. The Morgan fingerprint density at radius 2 is 2.00 bits per heavy atom. The summed E-state index contributed by atoms with van der Waals surface area (Å²) >= 11 is 0. The zero-order valence-electron chi connectivity index (χ0n) is 17.7. The molecule has 0 N–H and O–H groups in total. The summed E-state index contributed by atoms with van der Waals surface area (Å²) in [5.41, 5.74) is 3.22. The third kappa shape index (κ3) is 4.05. The van der Waals surface area contributed by atoms with Crippen molar-refractivity contribution in [3.8, 4) is 17.1 Å². The number of carbonyl (C=O) groups is 1. The minimum atomic E-state index is 0.00360. The predicted octanol–water partition coefficient (Wildman–Crippen LogP) is 3.55. The Balaban J connectivity index is 1.23. The monoisotopic (exact) mass is 418 g/mol. The van der Waals surface area contributed by atoms with Crippen molar-refractivity contribution < 1.29 is 14.1 Å². The van der Waals surface area contributed by atoms with E-state index in [1.807, 2.05) is 41.3 Å². The molecule has 5 rings (SSSR count). The Kier molecular flexibility index (Phi) is 5.42. The Morgan fingerprint density at radius 1 is 1.16 bits per heavy atom. The number of methoxy groups -OCH3 is 1. The van der Waals surface area contributed by atoms with Crippen LogP contribution >= 0.6 is 0 Å². The number of fused-ring (bicyclic) bond motifs is 1. The zero-order valence-corrected chi connectivity index (χ0v) is 17.7. The maximum Gasteiger partial charge on any atom is 0.241 e. The van der Waals surface area contributed by atoms with Gasteiger partial charge < -0.3 is 14.2 Å². The summed E-state index contributed by atoms with van der Waals surface area (Å²) in [6.07, 6.45) is 2.86. The van der Waals surface area contributed by atoms with Crippen LogP contribution in [0, 0.1) is 5.92 Å². The molecule has 2 aliphatic heterocycles. The fraction of sp³-hybridized carbons (Fsp3) is 0.375. The Morgan fingerprint density at radius 3 is 2.84 bits per heavy atom. The number of para-hydroxylation sites is 1. The van der Waals surface area contributed by atoms with Gasteiger partial charge in [0.05, 0.1) is 19.6 Å². The smallest absolute Gasteiger partial charge is 0.241 e. The summed E-state index contributed by atoms with van der Waals surface area (Å²) < 4.78 is 10.7. The highest BCUT2D eigenvalue weighted by atomic mass is 16.5. The van der Waals surface area contributed by atoms with Crippen molar-refractivity contribution >= 4 is 11.6 Å². The van der Waals surface area contributed by atoms with Crippen LogP contribution in [0.2, 0.25) is 0 Å². The van der Waals surface area contributed by atoms with E-state index in [0.29, 0.717) is 18.3 Å². The third-order valence-electron chi connectivity index (χ3n) is 6.18. The molecule has 0 bridgehead atoms. The van der Waals surface area contributed by atoms with Crippen LogP contribution in [-0.4, -0.2) is 47.7 Å². The molecule has 3 heterocycles. The maximum absolute atomic E-state index is 13.2. The normalized spacial score (nSPS) is 18.7. The first-order valence-corrected chi connectivity index (χ1v) is 10.8. The first-order valence-electron chi connectivity index (χ1n) is 10.8. The van der Waals surface area contributed by atoms with E-state index in [2.05, 4.69) is 27.2 Å². The third-order valence-corrected chi connectivity index (χ3v) is 6.18. The average Bonchev–Trinajstić information content (AvgIpc) is 3.46. The fourth-order valence-corrected chi connectivity index (χ4v) is 4.56. The van der Waals surface area contributed by atoms with Crippen LogP contribution in [0.3, 0.4) is 0 Å². The lowest BCUT2D eigenvalue weighted by atomic mass is 9.96. The molecule has 0 radical (unpaired) electrons. The van der Waals surface area contributed by atoms with Crippen LogP contribution in [0.4, 0.5) is 5.69 Å². The topological polar surface area (TPSA) is 71.7 Å². The van der Waals surface area contributed by atoms with Crippen molar-refractivity contribution in [2.75, 3.05) is 31.6 Å². The van der Waals surface area contributed by atoms with Crippen LogP contribution < -0.4 is 9.64 Å². The number of rotatable bonds is 5. The minimum absolute atomic E-state index is 0.00360. The van der Waals surface area contributed by atoms with Crippen LogP contribution in [0.5, 0.6) is 5.75 Å². The highest BCUT2D eigenvalue weighted by Gasteiger charge is 2.33. The number of piperidine rings is 1. The number of ether oxygens (including phenoxy) is 1. The summed E-state index contributed by atoms with van der Waals surface area (Å²) in [5, 5.41) is 4.12. The van der Waals surface area contributed by atoms with E-state index >= 15 is 0 Å². The number of aromatic nitrogens is 2. The Labute approximate surface area is 181 Å². The summed E-state index contributed by atoms with van der Waals surface area (Å²) in [5.74, 6) is 2.17. The molecule has 3 aromatic rings. The quantitative estimate of drug-likeness (QED) is 0.631. The summed E-state index contributed by atoms with van der Waals surface area (Å²) in [6.45, 7) is 2.99. The Hall–Kier alpha value is -3.19. The molecule has 0 saturated carbocycles. The van der Waals surface area contributed by atoms with E-state index in [-0.39, 0.29) is 11.8 Å². The molecule has 0 spiro atoms. The molecule has 1 amide bonds. The second kappa shape index (κ2) is 8.51. The van der Waals surface area contributed by atoms with Gasteiger partial charge in [-0.25, -0.2) is 0 Å². The van der Waals surface area contributed by atoms with Crippen LogP contribution in [-0.2, 0) is 17.8 Å². The largest absolute Gasteiger partial charge is 0.497 e. The molecule has 1 saturated heterocycles. The van der Waals surface area contributed by atoms with E-state index in [1.54, 1.807) is 7.11 Å². The second-order valence-electron chi connectivity index (χ2n) is 8.18. The van der Waals surface area contributed by atoms with Crippen molar-refractivity contribution in [1.29, 1.82) is 0 Å². The molecule has 0 aliphatic carbocycles. The average molecular weight is 418 g/mol. The van der Waals surface area contributed by atoms with Crippen LogP contribution in [0.1, 0.15) is 24.3 Å². The van der Waals surface area contributed by atoms with E-state index in [0.717, 1.165) is 55.9 Å². The van der Waals surface area contributed by atoms with E-state index in [4.69, 9.17) is 9.26 Å². The van der Waals surface area contributed by atoms with Gasteiger partial charge in [-0.2, -0.15) is 4.98 Å². The molecule has 1 unspecified atom stereocenters. The van der Waals surface area contributed by atoms with Gasteiger partial charge in [0, 0.05) is 24.3 Å². The SMILES string of the molecule is COc1ccc(-c2noc(CN3CCCC(C(=O)N4CCc5ccccc54)C3)n2)cc1. The van der Waals surface area contributed by atoms with Crippen molar-refractivity contribution in [2.24, 2.45) is 5.92 Å². The molecule has 1 fully saturated rings. The number of anilines is 1. The van der Waals surface area contributed by atoms with Gasteiger partial charge in [0.25, 0.3) is 0 Å². The molecular formula is C24H26N4O3. The number of benzene rings is 2. The lowest BCUT2D eigenvalue weighted by Crippen LogP contribution is -2.44. The number of nitrogens with zero attached hydrogens (tertiary/aromatic N) is 4. The van der Waals surface area contributed by atoms with Crippen molar-refractivity contribution in [3.05, 3.63) is 60.0 Å². The lowest BCUT2D eigenvalue weighted by molar-refractivity contribution is -0.124. The highest BCUT2D eigenvalue weighted by Crippen LogP contribution is 2.31. The predicted molar refractivity (Wildman–Crippen MR) is 117 cm³/mol. The van der Waals surface area contributed by atoms with Crippen molar-refractivity contribution in [3.63, 3.8) is 0 Å². The molecule has 1 atom stereocenters. The molecule has 2 aromatic carbocycles. The standard InChI is InChI=1S/C24H26N4O3/c1-30-20-10-8-18(9-11-20)23-25-22(31-26-23)16-27-13-4-6-19(15-27)24(29)28-14-12-17-5-2-3-7-21(17)28/h2-3,5,7-11,19H,4,6,12-16H2,1H3. The van der Waals surface area contributed by atoms with Gasteiger partial charge in [-0.1, -0.05) is 23.4 Å². The van der Waals surface area contributed by atoms with E-state index in [9.17, 15) is 4.79 Å². The van der Waals surface area contributed by atoms with Gasteiger partial charge in [0.2, 0.25) is 17.6 Å². The van der Waals surface area contributed by atoms with Gasteiger partial charge in [-0.15, -0.1) is 0 Å². The molecule has 7 nitrogen and oxygen atoms in total. The molecular weight excluding hydrogens is 392 g/mol. The molecule has 2 aliphatic rings. The number of likely N-dealkylation sites (tertiary alicyclic amines) is 1. The summed E-state index contributed by atoms with van der Waals surface area (Å²) in [6, 6.07) is 15.8. The highest BCUT2D eigenvalue weighted by molar-refractivity contribution is 5.97. The van der Waals surface area contributed by atoms with Gasteiger partial charge in [0.1, 0.15) is 5.75 Å². The van der Waals surface area contributed by atoms with Crippen molar-refractivity contribution in [1.82, 2.24) is 15.0 Å². The van der Waals surface area contributed by atoms with E-state index in [1.165, 1.54) is 5.56 Å². The second-order valence-corrected chi connectivity index (χ2v) is 8.18. The fourth-order valence-electron chi connectivity index (χ4n) is 4.56. The first kappa shape index (κ1) is 19.8. The minimum Gasteiger partial charge on any atom is -0.497 e. The molecule has 31 heavy (non-hydrogen) atoms. The summed E-state index contributed by atoms with van der Waals surface area (Å²) in [7, 11) is 1.64. The van der Waals surface area contributed by atoms with Crippen LogP contribution in [0.15, 0.2) is 53.1 Å². The van der Waals surface area contributed by atoms with Crippen molar-refractivity contribution in [2.45, 2.75) is 25.8 Å². The van der Waals surface area contributed by atoms with Crippen LogP contribution in [0.25, 0.3) is 11.4 Å². The van der Waals surface area contributed by atoms with Gasteiger partial charge in [-0.05, 0) is 61.7 Å². The molecule has 160 valence electrons. The number of amides is 1. The van der Waals surface area contributed by atoms with Gasteiger partial charge in [0.15, 0.2) is 0 Å². The Bertz CT molecular complexity index is 1060. The number of hydrogen-bond acceptors (Lipinski definition) is 6. The number of carbonyl (C=O) groups excluding carboxylic acids is 1. The van der Waals surface area contributed by atoms with E-state index < -0.39 is 0 Å². The van der Waals surface area contributed by atoms with Gasteiger partial charge >= 0.3 is 0 Å². The molecule has 1 aromatic heterocycles. The molecule has 7 heteroatoms. The summed E-state index contributed by atoms with van der Waals surface area (Å²) in [4.78, 5) is 22.0. The maximum atomic E-state index is 13.2. The number of hydrogen-bond donors (Lipinski definition) is 0. The first-order chi connectivity index (χ1) is 15.2. The van der Waals surface area contributed by atoms with Gasteiger partial charge in [-0.3, -0.25) is 9.69 Å².